The van der Waals surface area contributed by atoms with Crippen molar-refractivity contribution in [2.45, 2.75) is 13.0 Å². The fourth-order valence-electron chi connectivity index (χ4n) is 2.51. The molecule has 3 aromatic rings. The van der Waals surface area contributed by atoms with Crippen molar-refractivity contribution in [2.24, 2.45) is 0 Å². The van der Waals surface area contributed by atoms with E-state index in [1.54, 1.807) is 23.0 Å². The Morgan fingerprint density at radius 1 is 1.08 bits per heavy atom. The highest BCUT2D eigenvalue weighted by atomic mass is 16.6. The molecule has 1 aromatic heterocycles. The summed E-state index contributed by atoms with van der Waals surface area (Å²) >= 11 is 0. The lowest BCUT2D eigenvalue weighted by molar-refractivity contribution is -0.385. The lowest BCUT2D eigenvalue weighted by atomic mass is 10.1. The molecular weight excluding hydrogens is 320 g/mol. The van der Waals surface area contributed by atoms with E-state index in [0.29, 0.717) is 12.4 Å². The number of aromatic nitrogens is 2. The van der Waals surface area contributed by atoms with E-state index in [2.05, 4.69) is 10.4 Å². The SMILES string of the molecule is O=C(Nc1ccnn1CCc1ccccc1)c1ccccc1[N+](=O)[O-]. The number of amides is 1. The minimum absolute atomic E-state index is 0.0170. The molecule has 1 N–H and O–H groups in total. The molecule has 0 fully saturated rings. The summed E-state index contributed by atoms with van der Waals surface area (Å²) in [6, 6.07) is 17.5. The highest BCUT2D eigenvalue weighted by Crippen LogP contribution is 2.19. The molecule has 0 saturated heterocycles. The number of nitrogens with one attached hydrogen (secondary N) is 1. The monoisotopic (exact) mass is 336 g/mol. The molecule has 0 radical (unpaired) electrons. The first-order valence-corrected chi connectivity index (χ1v) is 7.75. The van der Waals surface area contributed by atoms with Crippen LogP contribution in [0.2, 0.25) is 0 Å². The van der Waals surface area contributed by atoms with Crippen LogP contribution in [0.15, 0.2) is 66.9 Å². The second-order valence-electron chi connectivity index (χ2n) is 5.40. The van der Waals surface area contributed by atoms with Gasteiger partial charge in [-0.2, -0.15) is 5.10 Å². The van der Waals surface area contributed by atoms with Gasteiger partial charge in [-0.25, -0.2) is 4.68 Å². The molecule has 2 aromatic carbocycles. The molecule has 7 nitrogen and oxygen atoms in total. The van der Waals surface area contributed by atoms with Gasteiger partial charge in [-0.3, -0.25) is 14.9 Å². The van der Waals surface area contributed by atoms with Gasteiger partial charge >= 0.3 is 0 Å². The van der Waals surface area contributed by atoms with Crippen molar-refractivity contribution in [1.82, 2.24) is 9.78 Å². The van der Waals surface area contributed by atoms with Crippen LogP contribution in [0.5, 0.6) is 0 Å². The topological polar surface area (TPSA) is 90.1 Å². The Balaban J connectivity index is 1.73. The van der Waals surface area contributed by atoms with Crippen LogP contribution in [-0.4, -0.2) is 20.6 Å². The van der Waals surface area contributed by atoms with Crippen LogP contribution in [0.3, 0.4) is 0 Å². The van der Waals surface area contributed by atoms with E-state index in [0.717, 1.165) is 12.0 Å². The first-order chi connectivity index (χ1) is 12.1. The summed E-state index contributed by atoms with van der Waals surface area (Å²) in [5.74, 6) is -0.0344. The van der Waals surface area contributed by atoms with Crippen LogP contribution in [0.4, 0.5) is 11.5 Å². The maximum atomic E-state index is 12.4. The molecule has 1 amide bonds. The standard InChI is InChI=1S/C18H16N4O3/c23-18(15-8-4-5-9-16(15)22(24)25)20-17-10-12-19-21(17)13-11-14-6-2-1-3-7-14/h1-10,12H,11,13H2,(H,20,23). The van der Waals surface area contributed by atoms with Crippen molar-refractivity contribution in [3.63, 3.8) is 0 Å². The molecule has 1 heterocycles. The second-order valence-corrected chi connectivity index (χ2v) is 5.40. The summed E-state index contributed by atoms with van der Waals surface area (Å²) in [5, 5.41) is 18.0. The number of anilines is 1. The molecule has 0 aliphatic rings. The van der Waals surface area contributed by atoms with Gasteiger partial charge in [0.15, 0.2) is 0 Å². The molecular formula is C18H16N4O3. The van der Waals surface area contributed by atoms with Crippen LogP contribution in [0, 0.1) is 10.1 Å². The van der Waals surface area contributed by atoms with E-state index in [9.17, 15) is 14.9 Å². The van der Waals surface area contributed by atoms with E-state index in [1.807, 2.05) is 30.3 Å². The molecule has 0 saturated carbocycles. The number of hydrogen-bond acceptors (Lipinski definition) is 4. The van der Waals surface area contributed by atoms with Gasteiger partial charge in [-0.05, 0) is 18.1 Å². The Kier molecular flexibility index (Phi) is 4.84. The number of hydrogen-bond donors (Lipinski definition) is 1. The Hall–Kier alpha value is -3.48. The third-order valence-corrected chi connectivity index (χ3v) is 3.76. The number of carbonyl (C=O) groups is 1. The fourth-order valence-corrected chi connectivity index (χ4v) is 2.51. The fraction of sp³-hybridized carbons (Fsp3) is 0.111. The Bertz CT molecular complexity index is 890. The van der Waals surface area contributed by atoms with E-state index in [-0.39, 0.29) is 11.3 Å². The number of nitro benzene ring substituents is 1. The Morgan fingerprint density at radius 2 is 1.80 bits per heavy atom. The molecule has 7 heteroatoms. The summed E-state index contributed by atoms with van der Waals surface area (Å²) in [4.78, 5) is 22.9. The predicted molar refractivity (Wildman–Crippen MR) is 93.4 cm³/mol. The van der Waals surface area contributed by atoms with Crippen LogP contribution in [0.1, 0.15) is 15.9 Å². The molecule has 0 unspecified atom stereocenters. The lowest BCUT2D eigenvalue weighted by Gasteiger charge is -2.09. The normalized spacial score (nSPS) is 10.4. The summed E-state index contributed by atoms with van der Waals surface area (Å²) < 4.78 is 1.67. The Labute approximate surface area is 144 Å². The van der Waals surface area contributed by atoms with E-state index in [4.69, 9.17) is 0 Å². The summed E-state index contributed by atoms with van der Waals surface area (Å²) in [6.45, 7) is 0.587. The van der Waals surface area contributed by atoms with Crippen molar-refractivity contribution in [3.8, 4) is 0 Å². The van der Waals surface area contributed by atoms with Crippen molar-refractivity contribution < 1.29 is 9.72 Å². The number of para-hydroxylation sites is 1. The zero-order chi connectivity index (χ0) is 17.6. The first kappa shape index (κ1) is 16.4. The summed E-state index contributed by atoms with van der Waals surface area (Å²) in [5.41, 5.74) is 0.952. The zero-order valence-electron chi connectivity index (χ0n) is 13.3. The molecule has 25 heavy (non-hydrogen) atoms. The Morgan fingerprint density at radius 3 is 2.56 bits per heavy atom. The molecule has 0 spiro atoms. The quantitative estimate of drug-likeness (QED) is 0.552. The third-order valence-electron chi connectivity index (χ3n) is 3.76. The molecule has 126 valence electrons. The maximum Gasteiger partial charge on any atom is 0.282 e. The van der Waals surface area contributed by atoms with E-state index in [1.165, 1.54) is 18.2 Å². The van der Waals surface area contributed by atoms with Crippen molar-refractivity contribution in [2.75, 3.05) is 5.32 Å². The second kappa shape index (κ2) is 7.39. The average molecular weight is 336 g/mol. The number of nitrogens with zero attached hydrogens (tertiary/aromatic N) is 3. The first-order valence-electron chi connectivity index (χ1n) is 7.75. The smallest absolute Gasteiger partial charge is 0.282 e. The van der Waals surface area contributed by atoms with Crippen molar-refractivity contribution in [3.05, 3.63) is 88.1 Å². The van der Waals surface area contributed by atoms with Gasteiger partial charge in [-0.15, -0.1) is 0 Å². The van der Waals surface area contributed by atoms with Gasteiger partial charge in [0.05, 0.1) is 11.1 Å². The summed E-state index contributed by atoms with van der Waals surface area (Å²) in [6.07, 6.45) is 2.34. The van der Waals surface area contributed by atoms with E-state index < -0.39 is 10.8 Å². The van der Waals surface area contributed by atoms with Crippen LogP contribution >= 0.6 is 0 Å². The predicted octanol–water partition coefficient (Wildman–Crippen LogP) is 3.29. The van der Waals surface area contributed by atoms with E-state index >= 15 is 0 Å². The summed E-state index contributed by atoms with van der Waals surface area (Å²) in [7, 11) is 0. The van der Waals surface area contributed by atoms with Crippen molar-refractivity contribution >= 4 is 17.4 Å². The molecule has 3 rings (SSSR count). The number of benzene rings is 2. The number of rotatable bonds is 6. The van der Waals surface area contributed by atoms with Gasteiger partial charge in [0.1, 0.15) is 11.4 Å². The van der Waals surface area contributed by atoms with Gasteiger partial charge in [0.25, 0.3) is 11.6 Å². The van der Waals surface area contributed by atoms with Crippen LogP contribution in [0.25, 0.3) is 0 Å². The van der Waals surface area contributed by atoms with Gasteiger partial charge in [0.2, 0.25) is 0 Å². The van der Waals surface area contributed by atoms with Gasteiger partial charge in [0, 0.05) is 18.7 Å². The third kappa shape index (κ3) is 3.89. The van der Waals surface area contributed by atoms with Gasteiger partial charge in [-0.1, -0.05) is 42.5 Å². The molecule has 0 bridgehead atoms. The highest BCUT2D eigenvalue weighted by molar-refractivity contribution is 6.06. The van der Waals surface area contributed by atoms with Crippen LogP contribution < -0.4 is 5.32 Å². The minimum atomic E-state index is -0.568. The number of aryl methyl sites for hydroxylation is 2. The molecule has 0 aliphatic heterocycles. The highest BCUT2D eigenvalue weighted by Gasteiger charge is 2.20. The number of nitro groups is 1. The largest absolute Gasteiger partial charge is 0.307 e. The molecule has 0 atom stereocenters. The number of carbonyl (C=O) groups excluding carboxylic acids is 1. The lowest BCUT2D eigenvalue weighted by Crippen LogP contribution is -2.17. The van der Waals surface area contributed by atoms with Gasteiger partial charge < -0.3 is 5.32 Å². The minimum Gasteiger partial charge on any atom is -0.307 e. The zero-order valence-corrected chi connectivity index (χ0v) is 13.3. The van der Waals surface area contributed by atoms with Crippen LogP contribution in [-0.2, 0) is 13.0 Å². The average Bonchev–Trinajstić information content (AvgIpc) is 3.07. The van der Waals surface area contributed by atoms with Crippen molar-refractivity contribution in [1.29, 1.82) is 0 Å². The maximum absolute atomic E-state index is 12.4. The molecule has 0 aliphatic carbocycles.